The number of halogens is 1. The van der Waals surface area contributed by atoms with Crippen LogP contribution in [0, 0.1) is 17.8 Å². The molecule has 2 N–H and O–H groups in total. The van der Waals surface area contributed by atoms with E-state index in [2.05, 4.69) is 6.92 Å². The lowest BCUT2D eigenvalue weighted by molar-refractivity contribution is -0.123. The lowest BCUT2D eigenvalue weighted by Gasteiger charge is -2.19. The Morgan fingerprint density at radius 1 is 1.25 bits per heavy atom. The Hall–Kier alpha value is -1.55. The first-order chi connectivity index (χ1) is 9.52. The summed E-state index contributed by atoms with van der Waals surface area (Å²) in [5, 5.41) is 0.497. The number of amides is 2. The molecule has 2 atom stereocenters. The van der Waals surface area contributed by atoms with Gasteiger partial charge in [0.25, 0.3) is 0 Å². The third-order valence-electron chi connectivity index (χ3n) is 4.54. The fourth-order valence-electron chi connectivity index (χ4n) is 3.43. The molecule has 2 unspecified atom stereocenters. The molecule has 3 rings (SSSR count). The average Bonchev–Trinajstić information content (AvgIpc) is 2.93. The van der Waals surface area contributed by atoms with E-state index in [1.807, 2.05) is 0 Å². The molecule has 1 heterocycles. The number of imide groups is 1. The Balaban J connectivity index is 1.94. The SMILES string of the molecule is CCC1CC2C(=O)N(c3ccc(Cl)cc3N)C(=O)C2C1. The van der Waals surface area contributed by atoms with Crippen molar-refractivity contribution >= 4 is 34.8 Å². The molecule has 2 aliphatic rings. The summed E-state index contributed by atoms with van der Waals surface area (Å²) in [4.78, 5) is 26.3. The number of carbonyl (C=O) groups excluding carboxylic acids is 2. The van der Waals surface area contributed by atoms with Gasteiger partial charge in [-0.05, 0) is 37.0 Å². The van der Waals surface area contributed by atoms with Crippen molar-refractivity contribution in [3.05, 3.63) is 23.2 Å². The zero-order chi connectivity index (χ0) is 14.4. The molecule has 4 nitrogen and oxygen atoms in total. The Kier molecular flexibility index (Phi) is 3.21. The second kappa shape index (κ2) is 4.77. The molecule has 1 aromatic rings. The lowest BCUT2D eigenvalue weighted by Crippen LogP contribution is -2.32. The van der Waals surface area contributed by atoms with Gasteiger partial charge in [-0.2, -0.15) is 0 Å². The number of fused-ring (bicyclic) bond motifs is 1. The van der Waals surface area contributed by atoms with E-state index in [4.69, 9.17) is 17.3 Å². The fraction of sp³-hybridized carbons (Fsp3) is 0.467. The minimum atomic E-state index is -0.164. The average molecular weight is 293 g/mol. The highest BCUT2D eigenvalue weighted by molar-refractivity contribution is 6.31. The zero-order valence-electron chi connectivity index (χ0n) is 11.3. The van der Waals surface area contributed by atoms with Crippen LogP contribution in [0.3, 0.4) is 0 Å². The number of nitrogens with two attached hydrogens (primary N) is 1. The van der Waals surface area contributed by atoms with Crippen LogP contribution in [0.2, 0.25) is 5.02 Å². The van der Waals surface area contributed by atoms with Crippen LogP contribution in [0.15, 0.2) is 18.2 Å². The predicted octanol–water partition coefficient (Wildman–Crippen LogP) is 2.85. The molecule has 1 saturated carbocycles. The van der Waals surface area contributed by atoms with Gasteiger partial charge in [-0.15, -0.1) is 0 Å². The van der Waals surface area contributed by atoms with Gasteiger partial charge < -0.3 is 5.73 Å². The minimum Gasteiger partial charge on any atom is -0.397 e. The minimum absolute atomic E-state index is 0.107. The molecular weight excluding hydrogens is 276 g/mol. The summed E-state index contributed by atoms with van der Waals surface area (Å²) in [5.41, 5.74) is 6.73. The quantitative estimate of drug-likeness (QED) is 0.673. The van der Waals surface area contributed by atoms with Crippen LogP contribution >= 0.6 is 11.6 Å². The molecule has 1 aliphatic heterocycles. The van der Waals surface area contributed by atoms with Crippen LogP contribution in [0.5, 0.6) is 0 Å². The van der Waals surface area contributed by atoms with Crippen LogP contribution in [0.25, 0.3) is 0 Å². The molecule has 0 bridgehead atoms. The largest absolute Gasteiger partial charge is 0.397 e. The first-order valence-electron chi connectivity index (χ1n) is 6.95. The fourth-order valence-corrected chi connectivity index (χ4v) is 3.61. The number of hydrogen-bond donors (Lipinski definition) is 1. The normalized spacial score (nSPS) is 29.1. The second-order valence-electron chi connectivity index (χ2n) is 5.67. The molecule has 2 fully saturated rings. The first kappa shape index (κ1) is 13.4. The third kappa shape index (κ3) is 1.90. The lowest BCUT2D eigenvalue weighted by atomic mass is 10.00. The van der Waals surface area contributed by atoms with Crippen LogP contribution in [-0.2, 0) is 9.59 Å². The number of carbonyl (C=O) groups is 2. The Morgan fingerprint density at radius 3 is 2.35 bits per heavy atom. The molecule has 1 aliphatic carbocycles. The summed E-state index contributed by atoms with van der Waals surface area (Å²) in [5.74, 6) is -0.0531. The molecule has 2 amide bonds. The van der Waals surface area contributed by atoms with E-state index in [-0.39, 0.29) is 23.7 Å². The molecule has 0 spiro atoms. The van der Waals surface area contributed by atoms with Gasteiger partial charge in [0.1, 0.15) is 0 Å². The van der Waals surface area contributed by atoms with Gasteiger partial charge >= 0.3 is 0 Å². The second-order valence-corrected chi connectivity index (χ2v) is 6.11. The number of nitrogen functional groups attached to an aromatic ring is 1. The van der Waals surface area contributed by atoms with Gasteiger partial charge in [-0.25, -0.2) is 4.90 Å². The molecule has 0 radical (unpaired) electrons. The van der Waals surface area contributed by atoms with Crippen molar-refractivity contribution < 1.29 is 9.59 Å². The number of nitrogens with zero attached hydrogens (tertiary/aromatic N) is 1. The van der Waals surface area contributed by atoms with E-state index in [1.165, 1.54) is 4.90 Å². The van der Waals surface area contributed by atoms with Gasteiger partial charge in [-0.3, -0.25) is 9.59 Å². The van der Waals surface area contributed by atoms with Crippen molar-refractivity contribution in [1.29, 1.82) is 0 Å². The van der Waals surface area contributed by atoms with Crippen LogP contribution in [-0.4, -0.2) is 11.8 Å². The summed E-state index contributed by atoms with van der Waals surface area (Å²) in [6, 6.07) is 4.86. The maximum Gasteiger partial charge on any atom is 0.237 e. The summed E-state index contributed by atoms with van der Waals surface area (Å²) < 4.78 is 0. The first-order valence-corrected chi connectivity index (χ1v) is 7.33. The van der Waals surface area contributed by atoms with Crippen molar-refractivity contribution in [3.8, 4) is 0 Å². The van der Waals surface area contributed by atoms with Gasteiger partial charge in [0.05, 0.1) is 23.2 Å². The van der Waals surface area contributed by atoms with Crippen molar-refractivity contribution in [2.75, 3.05) is 10.6 Å². The number of rotatable bonds is 2. The Morgan fingerprint density at radius 2 is 1.85 bits per heavy atom. The predicted molar refractivity (Wildman–Crippen MR) is 78.4 cm³/mol. The highest BCUT2D eigenvalue weighted by Crippen LogP contribution is 2.46. The topological polar surface area (TPSA) is 63.4 Å². The van der Waals surface area contributed by atoms with Crippen LogP contribution in [0.4, 0.5) is 11.4 Å². The maximum absolute atomic E-state index is 12.5. The molecule has 106 valence electrons. The van der Waals surface area contributed by atoms with Crippen LogP contribution < -0.4 is 10.6 Å². The van der Waals surface area contributed by atoms with Crippen molar-refractivity contribution in [3.63, 3.8) is 0 Å². The van der Waals surface area contributed by atoms with Gasteiger partial charge in [0, 0.05) is 5.02 Å². The van der Waals surface area contributed by atoms with Crippen molar-refractivity contribution in [1.82, 2.24) is 0 Å². The number of anilines is 2. The molecule has 20 heavy (non-hydrogen) atoms. The highest BCUT2D eigenvalue weighted by atomic mass is 35.5. The molecule has 5 heteroatoms. The molecule has 0 aromatic heterocycles. The maximum atomic E-state index is 12.5. The summed E-state index contributed by atoms with van der Waals surface area (Å²) >= 11 is 5.86. The van der Waals surface area contributed by atoms with E-state index in [0.717, 1.165) is 19.3 Å². The summed E-state index contributed by atoms with van der Waals surface area (Å²) in [6.07, 6.45) is 2.65. The molecular formula is C15H17ClN2O2. The van der Waals surface area contributed by atoms with Crippen LogP contribution in [0.1, 0.15) is 26.2 Å². The smallest absolute Gasteiger partial charge is 0.237 e. The van der Waals surface area contributed by atoms with Crippen molar-refractivity contribution in [2.24, 2.45) is 17.8 Å². The highest BCUT2D eigenvalue weighted by Gasteiger charge is 2.52. The summed E-state index contributed by atoms with van der Waals surface area (Å²) in [6.45, 7) is 2.11. The van der Waals surface area contributed by atoms with E-state index in [0.29, 0.717) is 22.3 Å². The third-order valence-corrected chi connectivity index (χ3v) is 4.78. The Labute approximate surface area is 122 Å². The number of benzene rings is 1. The Bertz CT molecular complexity index is 563. The monoisotopic (exact) mass is 292 g/mol. The number of hydrogen-bond acceptors (Lipinski definition) is 3. The van der Waals surface area contributed by atoms with E-state index in [9.17, 15) is 9.59 Å². The van der Waals surface area contributed by atoms with Gasteiger partial charge in [0.15, 0.2) is 0 Å². The van der Waals surface area contributed by atoms with Crippen molar-refractivity contribution in [2.45, 2.75) is 26.2 Å². The van der Waals surface area contributed by atoms with E-state index >= 15 is 0 Å². The molecule has 1 aromatic carbocycles. The summed E-state index contributed by atoms with van der Waals surface area (Å²) in [7, 11) is 0. The molecule has 1 saturated heterocycles. The van der Waals surface area contributed by atoms with E-state index in [1.54, 1.807) is 18.2 Å². The van der Waals surface area contributed by atoms with Gasteiger partial charge in [-0.1, -0.05) is 24.9 Å². The van der Waals surface area contributed by atoms with E-state index < -0.39 is 0 Å². The van der Waals surface area contributed by atoms with Gasteiger partial charge in [0.2, 0.25) is 11.8 Å². The zero-order valence-corrected chi connectivity index (χ0v) is 12.1. The standard InChI is InChI=1S/C15H17ClN2O2/c1-2-8-5-10-11(6-8)15(20)18(14(10)19)13-4-3-9(16)7-12(13)17/h3-4,7-8,10-11H,2,5-6,17H2,1H3.